The summed E-state index contributed by atoms with van der Waals surface area (Å²) in [6.45, 7) is 0. The Morgan fingerprint density at radius 2 is 0.742 bits per heavy atom. The van der Waals surface area contributed by atoms with Gasteiger partial charge >= 0.3 is 0 Å². The molecule has 0 saturated carbocycles. The molecule has 0 radical (unpaired) electrons. The number of fused-ring (bicyclic) bond motifs is 5. The Morgan fingerprint density at radius 1 is 0.323 bits per heavy atom. The van der Waals surface area contributed by atoms with E-state index in [1.165, 1.54) is 0 Å². The molecule has 0 spiro atoms. The van der Waals surface area contributed by atoms with Crippen LogP contribution in [0.5, 0.6) is 0 Å². The molecule has 5 nitrogen and oxygen atoms in total. The van der Waals surface area contributed by atoms with Crippen LogP contribution in [-0.2, 0) is 0 Å². The van der Waals surface area contributed by atoms with Crippen molar-refractivity contribution in [3.63, 3.8) is 0 Å². The molecule has 10 aromatic carbocycles. The maximum Gasteiger partial charge on any atom is 0.227 e. The number of aromatic nitrogens is 1. The van der Waals surface area contributed by atoms with Gasteiger partial charge in [0.25, 0.3) is 0 Å². The summed E-state index contributed by atoms with van der Waals surface area (Å²) in [4.78, 5) is 12.0. The van der Waals surface area contributed by atoms with Gasteiger partial charge in [-0.15, -0.1) is 0 Å². The van der Waals surface area contributed by atoms with Gasteiger partial charge in [0, 0.05) is 61.8 Å². The molecule has 5 heteroatoms. The minimum Gasteiger partial charge on any atom is -0.435 e. The van der Waals surface area contributed by atoms with E-state index in [-0.39, 0.29) is 0 Å². The molecule has 0 N–H and O–H groups in total. The third kappa shape index (κ3) is 6.78. The highest BCUT2D eigenvalue weighted by atomic mass is 16.3. The monoisotopic (exact) mass is 796 g/mol. The van der Waals surface area contributed by atoms with Gasteiger partial charge in [0.2, 0.25) is 5.89 Å². The third-order valence-electron chi connectivity index (χ3n) is 11.4. The normalized spacial score (nSPS) is 11.2. The van der Waals surface area contributed by atoms with Crippen LogP contribution in [0.4, 0.5) is 51.2 Å². The molecule has 0 aliphatic heterocycles. The molecule has 0 saturated heterocycles. The Bertz CT molecular complexity index is 3090. The van der Waals surface area contributed by atoms with Crippen molar-refractivity contribution in [3.8, 4) is 11.5 Å². The van der Waals surface area contributed by atoms with E-state index in [2.05, 4.69) is 227 Å². The zero-order valence-electron chi connectivity index (χ0n) is 33.8. The van der Waals surface area contributed by atoms with E-state index in [1.54, 1.807) is 0 Å². The van der Waals surface area contributed by atoms with E-state index in [9.17, 15) is 0 Å². The van der Waals surface area contributed by atoms with E-state index in [4.69, 9.17) is 9.40 Å². The number of hydrogen-bond acceptors (Lipinski definition) is 5. The van der Waals surface area contributed by atoms with Crippen molar-refractivity contribution in [2.75, 3.05) is 14.7 Å². The van der Waals surface area contributed by atoms with Crippen LogP contribution in [0, 0.1) is 0 Å². The first-order valence-corrected chi connectivity index (χ1v) is 20.9. The Labute approximate surface area is 360 Å². The molecule has 0 unspecified atom stereocenters. The van der Waals surface area contributed by atoms with E-state index >= 15 is 0 Å². The van der Waals surface area contributed by atoms with Gasteiger partial charge in [-0.2, -0.15) is 0 Å². The van der Waals surface area contributed by atoms with Crippen molar-refractivity contribution in [2.24, 2.45) is 0 Å². The molecule has 294 valence electrons. The first-order chi connectivity index (χ1) is 30.8. The van der Waals surface area contributed by atoms with Gasteiger partial charge in [0.1, 0.15) is 5.52 Å². The summed E-state index contributed by atoms with van der Waals surface area (Å²) in [6.07, 6.45) is 0. The molecule has 0 amide bonds. The summed E-state index contributed by atoms with van der Waals surface area (Å²) in [5, 5.41) is 4.28. The largest absolute Gasteiger partial charge is 0.435 e. The fourth-order valence-corrected chi connectivity index (χ4v) is 8.61. The van der Waals surface area contributed by atoms with Gasteiger partial charge < -0.3 is 19.1 Å². The lowest BCUT2D eigenvalue weighted by atomic mass is 9.98. The van der Waals surface area contributed by atoms with E-state index in [0.29, 0.717) is 5.89 Å². The van der Waals surface area contributed by atoms with Crippen LogP contribution in [0.15, 0.2) is 247 Å². The van der Waals surface area contributed by atoms with Crippen LogP contribution in [0.25, 0.3) is 44.1 Å². The van der Waals surface area contributed by atoms with Crippen LogP contribution in [-0.4, -0.2) is 4.98 Å². The van der Waals surface area contributed by atoms with Crippen molar-refractivity contribution in [1.29, 1.82) is 0 Å². The van der Waals surface area contributed by atoms with Crippen molar-refractivity contribution in [2.45, 2.75) is 0 Å². The minimum absolute atomic E-state index is 0.601. The average molecular weight is 797 g/mol. The number of hydrogen-bond donors (Lipinski definition) is 0. The molecule has 11 aromatic rings. The highest BCUT2D eigenvalue weighted by Gasteiger charge is 2.24. The molecular formula is C57H40N4O. The van der Waals surface area contributed by atoms with Crippen molar-refractivity contribution in [3.05, 3.63) is 243 Å². The second-order valence-corrected chi connectivity index (χ2v) is 15.2. The molecule has 62 heavy (non-hydrogen) atoms. The number of para-hydroxylation sites is 4. The second kappa shape index (κ2) is 16.0. The zero-order valence-corrected chi connectivity index (χ0v) is 33.8. The summed E-state index contributed by atoms with van der Waals surface area (Å²) in [6, 6.07) is 85.2. The first-order valence-electron chi connectivity index (χ1n) is 20.9. The lowest BCUT2D eigenvalue weighted by molar-refractivity contribution is 0.623. The van der Waals surface area contributed by atoms with Gasteiger partial charge in [0.15, 0.2) is 5.58 Å². The second-order valence-electron chi connectivity index (χ2n) is 15.2. The molecule has 0 fully saturated rings. The highest BCUT2D eigenvalue weighted by Crippen LogP contribution is 2.47. The molecule has 11 rings (SSSR count). The molecule has 0 aliphatic rings. The predicted octanol–water partition coefficient (Wildman–Crippen LogP) is 16.2. The summed E-state index contributed by atoms with van der Waals surface area (Å²) >= 11 is 0. The van der Waals surface area contributed by atoms with Gasteiger partial charge in [-0.1, -0.05) is 127 Å². The topological polar surface area (TPSA) is 35.8 Å². The van der Waals surface area contributed by atoms with Gasteiger partial charge in [-0.3, -0.25) is 0 Å². The summed E-state index contributed by atoms with van der Waals surface area (Å²) in [7, 11) is 0. The Hall–Kier alpha value is -8.41. The van der Waals surface area contributed by atoms with Crippen molar-refractivity contribution in [1.82, 2.24) is 4.98 Å². The van der Waals surface area contributed by atoms with Gasteiger partial charge in [0.05, 0.1) is 5.69 Å². The van der Waals surface area contributed by atoms with Crippen LogP contribution < -0.4 is 14.7 Å². The molecule has 0 bridgehead atoms. The Morgan fingerprint density at radius 3 is 1.24 bits per heavy atom. The SMILES string of the molecule is c1ccc(-c2nc3ccc4c(N(c5cccc(N(c6ccccc6)c6ccccc6)c5)c5cccc(N(c6ccccc6)c6ccccc6)c5)cc5ccccc5c4c3o2)cc1. The Balaban J connectivity index is 1.18. The smallest absolute Gasteiger partial charge is 0.227 e. The Kier molecular flexibility index (Phi) is 9.45. The number of nitrogens with zero attached hydrogens (tertiary/aromatic N) is 4. The van der Waals surface area contributed by atoms with Crippen LogP contribution >= 0.6 is 0 Å². The van der Waals surface area contributed by atoms with Crippen molar-refractivity contribution >= 4 is 83.8 Å². The first kappa shape index (κ1) is 36.7. The molecule has 0 atom stereocenters. The minimum atomic E-state index is 0.601. The van der Waals surface area contributed by atoms with Crippen molar-refractivity contribution < 1.29 is 4.42 Å². The third-order valence-corrected chi connectivity index (χ3v) is 11.4. The lowest BCUT2D eigenvalue weighted by Crippen LogP contribution is -2.15. The summed E-state index contributed by atoms with van der Waals surface area (Å²) in [5.41, 5.74) is 11.9. The molecular weight excluding hydrogens is 757 g/mol. The fraction of sp³-hybridized carbons (Fsp3) is 0. The maximum absolute atomic E-state index is 6.78. The van der Waals surface area contributed by atoms with Crippen LogP contribution in [0.3, 0.4) is 0 Å². The van der Waals surface area contributed by atoms with Crippen LogP contribution in [0.1, 0.15) is 0 Å². The molecule has 0 aliphatic carbocycles. The fourth-order valence-electron chi connectivity index (χ4n) is 8.61. The number of rotatable bonds is 10. The van der Waals surface area contributed by atoms with Gasteiger partial charge in [-0.05, 0) is 126 Å². The lowest BCUT2D eigenvalue weighted by Gasteiger charge is -2.31. The number of anilines is 9. The maximum atomic E-state index is 6.78. The summed E-state index contributed by atoms with van der Waals surface area (Å²) in [5.74, 6) is 0.601. The predicted molar refractivity (Wildman–Crippen MR) is 259 cm³/mol. The van der Waals surface area contributed by atoms with Gasteiger partial charge in [-0.25, -0.2) is 4.98 Å². The molecule has 1 aromatic heterocycles. The standard InChI is InChI=1S/C57H40N4O/c1-6-20-41(21-7-1)57-58-53-37-36-52-54(38-42-22-16-17-35-51(42)55(52)56(53)62-57)61(49-33-18-31-47(39-49)59(43-23-8-2-9-24-43)44-25-10-3-11-26-44)50-34-19-32-48(40-50)60(45-27-12-4-13-28-45)46-29-14-5-15-30-46/h1-40H. The quantitative estimate of drug-likeness (QED) is 0.129. The van der Waals surface area contributed by atoms with E-state index < -0.39 is 0 Å². The highest BCUT2D eigenvalue weighted by molar-refractivity contribution is 6.22. The zero-order chi connectivity index (χ0) is 41.2. The summed E-state index contributed by atoms with van der Waals surface area (Å²) < 4.78 is 6.78. The average Bonchev–Trinajstić information content (AvgIpc) is 3.79. The molecule has 1 heterocycles. The van der Waals surface area contributed by atoms with E-state index in [0.717, 1.165) is 89.4 Å². The number of benzene rings is 10. The van der Waals surface area contributed by atoms with E-state index in [1.807, 2.05) is 30.3 Å². The van der Waals surface area contributed by atoms with Crippen LogP contribution in [0.2, 0.25) is 0 Å². The number of oxazole rings is 1.